The van der Waals surface area contributed by atoms with E-state index in [0.717, 1.165) is 70.6 Å². The van der Waals surface area contributed by atoms with Crippen LogP contribution >= 0.6 is 0 Å². The van der Waals surface area contributed by atoms with E-state index in [1.165, 1.54) is 193 Å². The van der Waals surface area contributed by atoms with Gasteiger partial charge in [0.2, 0.25) is 5.91 Å². The first-order chi connectivity index (χ1) is 33.5. The molecule has 3 unspecified atom stereocenters. The van der Waals surface area contributed by atoms with E-state index in [0.29, 0.717) is 19.3 Å². The molecule has 0 bridgehead atoms. The molecular formula is C62H115NO5. The number of aliphatic hydroxyl groups is 2. The van der Waals surface area contributed by atoms with Crippen LogP contribution in [0.15, 0.2) is 48.6 Å². The lowest BCUT2D eigenvalue weighted by atomic mass is 10.0. The Morgan fingerprint density at radius 2 is 0.750 bits per heavy atom. The number of amides is 1. The van der Waals surface area contributed by atoms with E-state index >= 15 is 0 Å². The van der Waals surface area contributed by atoms with Crippen molar-refractivity contribution in [2.75, 3.05) is 6.61 Å². The summed E-state index contributed by atoms with van der Waals surface area (Å²) in [5.41, 5.74) is 0. The predicted octanol–water partition coefficient (Wildman–Crippen LogP) is 18.6. The molecule has 1 amide bonds. The molecule has 6 heteroatoms. The maximum atomic E-state index is 13.3. The van der Waals surface area contributed by atoms with Crippen LogP contribution in [-0.2, 0) is 14.3 Å². The van der Waals surface area contributed by atoms with Crippen LogP contribution in [0, 0.1) is 0 Å². The van der Waals surface area contributed by atoms with Crippen LogP contribution in [0.3, 0.4) is 0 Å². The van der Waals surface area contributed by atoms with Crippen molar-refractivity contribution in [2.24, 2.45) is 0 Å². The first-order valence-electron chi connectivity index (χ1n) is 29.9. The van der Waals surface area contributed by atoms with Crippen molar-refractivity contribution < 1.29 is 24.5 Å². The number of carbonyl (C=O) groups excluding carboxylic acids is 2. The molecule has 0 aliphatic carbocycles. The number of hydrogen-bond donors (Lipinski definition) is 3. The van der Waals surface area contributed by atoms with Crippen molar-refractivity contribution in [1.29, 1.82) is 0 Å². The van der Waals surface area contributed by atoms with E-state index in [9.17, 15) is 19.8 Å². The van der Waals surface area contributed by atoms with Gasteiger partial charge in [-0.15, -0.1) is 0 Å². The summed E-state index contributed by atoms with van der Waals surface area (Å²) in [6.07, 6.45) is 68.8. The van der Waals surface area contributed by atoms with E-state index in [1.807, 2.05) is 0 Å². The molecule has 0 fully saturated rings. The zero-order chi connectivity index (χ0) is 49.5. The fraction of sp³-hybridized carbons (Fsp3) is 0.839. The van der Waals surface area contributed by atoms with Gasteiger partial charge in [-0.2, -0.15) is 0 Å². The number of ether oxygens (including phenoxy) is 1. The third kappa shape index (κ3) is 50.2. The standard InChI is InChI=1S/C62H115NO5/c1-4-7-10-13-16-19-22-25-28-30-32-34-37-40-43-46-49-52-55-62(67)68-58(53-50-47-44-41-38-35-33-31-29-26-23-20-17-14-11-8-5-2)56-61(66)63-59(57-64)60(65)54-51-48-45-42-39-36-27-24-21-18-15-12-9-6-3/h16,19,22,25,28,30,32,34,58-60,64-65H,4-15,17-18,20-21,23-24,26-27,29,31,33,35-57H2,1-3H3,(H,63,66)/b19-16+,25-22+,30-28+,34-32+. The number of nitrogens with one attached hydrogen (secondary N) is 1. The molecule has 398 valence electrons. The highest BCUT2D eigenvalue weighted by molar-refractivity contribution is 5.77. The minimum Gasteiger partial charge on any atom is -0.462 e. The summed E-state index contributed by atoms with van der Waals surface area (Å²) in [7, 11) is 0. The minimum absolute atomic E-state index is 0.0713. The van der Waals surface area contributed by atoms with E-state index in [-0.39, 0.29) is 24.9 Å². The molecule has 0 aliphatic heterocycles. The average molecular weight is 955 g/mol. The highest BCUT2D eigenvalue weighted by Gasteiger charge is 2.24. The molecule has 6 nitrogen and oxygen atoms in total. The minimum atomic E-state index is -0.792. The lowest BCUT2D eigenvalue weighted by molar-refractivity contribution is -0.151. The number of hydrogen-bond acceptors (Lipinski definition) is 5. The third-order valence-electron chi connectivity index (χ3n) is 13.8. The number of aliphatic hydroxyl groups excluding tert-OH is 2. The van der Waals surface area contributed by atoms with Crippen LogP contribution in [0.25, 0.3) is 0 Å². The van der Waals surface area contributed by atoms with Gasteiger partial charge in [-0.05, 0) is 51.4 Å². The van der Waals surface area contributed by atoms with Crippen molar-refractivity contribution in [3.05, 3.63) is 48.6 Å². The topological polar surface area (TPSA) is 95.9 Å². The molecule has 0 aromatic rings. The van der Waals surface area contributed by atoms with E-state index in [2.05, 4.69) is 74.7 Å². The second-order valence-corrected chi connectivity index (χ2v) is 20.5. The van der Waals surface area contributed by atoms with Crippen LogP contribution in [0.2, 0.25) is 0 Å². The molecular weight excluding hydrogens is 839 g/mol. The number of rotatable bonds is 54. The quantitative estimate of drug-likeness (QED) is 0.0321. The molecule has 0 rings (SSSR count). The largest absolute Gasteiger partial charge is 0.462 e. The Hall–Kier alpha value is -2.18. The fourth-order valence-corrected chi connectivity index (χ4v) is 9.21. The summed E-state index contributed by atoms with van der Waals surface area (Å²) in [6.45, 7) is 6.48. The van der Waals surface area contributed by atoms with E-state index in [4.69, 9.17) is 4.74 Å². The lowest BCUT2D eigenvalue weighted by Gasteiger charge is -2.24. The summed E-state index contributed by atoms with van der Waals surface area (Å²) in [5, 5.41) is 23.9. The molecule has 3 atom stereocenters. The summed E-state index contributed by atoms with van der Waals surface area (Å²) in [4.78, 5) is 26.3. The smallest absolute Gasteiger partial charge is 0.306 e. The van der Waals surface area contributed by atoms with Crippen molar-refractivity contribution in [2.45, 2.75) is 328 Å². The Balaban J connectivity index is 4.59. The SMILES string of the molecule is CCCCC/C=C/C=C/C=C/C=C/CCCCCCCC(=O)OC(CCCCCCCCCCCCCCCCCCC)CC(=O)NC(CO)C(O)CCCCCCCCCCCCCCCC. The number of carbonyl (C=O) groups is 2. The van der Waals surface area contributed by atoms with Gasteiger partial charge in [-0.1, -0.05) is 294 Å². The molecule has 68 heavy (non-hydrogen) atoms. The maximum absolute atomic E-state index is 13.3. The first-order valence-corrected chi connectivity index (χ1v) is 29.9. The number of allylic oxidation sites excluding steroid dienone is 8. The maximum Gasteiger partial charge on any atom is 0.306 e. The van der Waals surface area contributed by atoms with Crippen LogP contribution in [0.5, 0.6) is 0 Å². The van der Waals surface area contributed by atoms with Gasteiger partial charge in [0, 0.05) is 6.42 Å². The molecule has 0 aliphatic rings. The highest BCUT2D eigenvalue weighted by atomic mass is 16.5. The van der Waals surface area contributed by atoms with Gasteiger partial charge in [0.25, 0.3) is 0 Å². The summed E-state index contributed by atoms with van der Waals surface area (Å²) in [6, 6.07) is -0.706. The predicted molar refractivity (Wildman–Crippen MR) is 296 cm³/mol. The van der Waals surface area contributed by atoms with Gasteiger partial charge < -0.3 is 20.3 Å². The second-order valence-electron chi connectivity index (χ2n) is 20.5. The molecule has 0 saturated heterocycles. The van der Waals surface area contributed by atoms with Gasteiger partial charge >= 0.3 is 5.97 Å². The highest BCUT2D eigenvalue weighted by Crippen LogP contribution is 2.19. The molecule has 3 N–H and O–H groups in total. The molecule has 0 heterocycles. The monoisotopic (exact) mass is 954 g/mol. The van der Waals surface area contributed by atoms with Crippen LogP contribution in [0.4, 0.5) is 0 Å². The molecule has 0 saturated carbocycles. The summed E-state index contributed by atoms with van der Waals surface area (Å²) < 4.78 is 5.97. The van der Waals surface area contributed by atoms with Gasteiger partial charge in [-0.3, -0.25) is 9.59 Å². The van der Waals surface area contributed by atoms with E-state index in [1.54, 1.807) is 0 Å². The summed E-state index contributed by atoms with van der Waals surface area (Å²) >= 11 is 0. The first kappa shape index (κ1) is 65.8. The molecule has 0 spiro atoms. The second kappa shape index (κ2) is 55.7. The molecule has 0 aromatic carbocycles. The Morgan fingerprint density at radius 3 is 1.16 bits per heavy atom. The van der Waals surface area contributed by atoms with Crippen LogP contribution < -0.4 is 5.32 Å². The van der Waals surface area contributed by atoms with Crippen molar-refractivity contribution in [3.63, 3.8) is 0 Å². The lowest BCUT2D eigenvalue weighted by Crippen LogP contribution is -2.46. The fourth-order valence-electron chi connectivity index (χ4n) is 9.21. The van der Waals surface area contributed by atoms with Crippen LogP contribution in [-0.4, -0.2) is 46.9 Å². The van der Waals surface area contributed by atoms with Gasteiger partial charge in [0.05, 0.1) is 25.2 Å². The van der Waals surface area contributed by atoms with Crippen molar-refractivity contribution in [1.82, 2.24) is 5.32 Å². The number of unbranched alkanes of at least 4 members (excludes halogenated alkanes) is 37. The van der Waals surface area contributed by atoms with Crippen molar-refractivity contribution in [3.8, 4) is 0 Å². The van der Waals surface area contributed by atoms with Gasteiger partial charge in [-0.25, -0.2) is 0 Å². The van der Waals surface area contributed by atoms with Crippen molar-refractivity contribution >= 4 is 11.9 Å². The average Bonchev–Trinajstić information content (AvgIpc) is 3.33. The third-order valence-corrected chi connectivity index (χ3v) is 13.8. The number of esters is 1. The zero-order valence-corrected chi connectivity index (χ0v) is 45.5. The molecule has 0 aromatic heterocycles. The molecule has 0 radical (unpaired) electrons. The van der Waals surface area contributed by atoms with Gasteiger partial charge in [0.1, 0.15) is 6.10 Å². The zero-order valence-electron chi connectivity index (χ0n) is 45.5. The summed E-state index contributed by atoms with van der Waals surface area (Å²) in [5.74, 6) is -0.484. The van der Waals surface area contributed by atoms with Gasteiger partial charge in [0.15, 0.2) is 0 Å². The van der Waals surface area contributed by atoms with Crippen LogP contribution in [0.1, 0.15) is 310 Å². The Labute approximate surface area is 423 Å². The normalized spacial score (nSPS) is 13.4. The Bertz CT molecular complexity index is 1160. The Kier molecular flexibility index (Phi) is 54.0. The Morgan fingerprint density at radius 1 is 0.426 bits per heavy atom. The van der Waals surface area contributed by atoms with E-state index < -0.39 is 18.2 Å².